The van der Waals surface area contributed by atoms with Crippen molar-refractivity contribution in [2.45, 2.75) is 4.90 Å². The Morgan fingerprint density at radius 2 is 1.59 bits per heavy atom. The Hall–Kier alpha value is -2.45. The van der Waals surface area contributed by atoms with Gasteiger partial charge in [-0.2, -0.15) is 0 Å². The lowest BCUT2D eigenvalue weighted by atomic mass is 10.2. The van der Waals surface area contributed by atoms with E-state index in [0.29, 0.717) is 16.5 Å². The van der Waals surface area contributed by atoms with Gasteiger partial charge in [0.1, 0.15) is 16.4 Å². The summed E-state index contributed by atoms with van der Waals surface area (Å²) in [5, 5.41) is 9.44. The summed E-state index contributed by atoms with van der Waals surface area (Å²) in [6.45, 7) is 0. The summed E-state index contributed by atoms with van der Waals surface area (Å²) >= 11 is 17.8. The predicted octanol–water partition coefficient (Wildman–Crippen LogP) is 5.94. The number of rotatable bonds is 6. The first-order valence-corrected chi connectivity index (χ1v) is 10.6. The molecule has 150 valence electrons. The third-order valence-corrected chi connectivity index (χ3v) is 6.10. The fourth-order valence-electron chi connectivity index (χ4n) is 2.44. The van der Waals surface area contributed by atoms with E-state index in [1.54, 1.807) is 24.3 Å². The Balaban J connectivity index is 1.87. The Morgan fingerprint density at radius 1 is 0.931 bits per heavy atom. The second-order valence-corrected chi connectivity index (χ2v) is 8.60. The molecule has 0 bridgehead atoms. The quantitative estimate of drug-likeness (QED) is 0.463. The van der Waals surface area contributed by atoms with Crippen molar-refractivity contribution in [1.29, 1.82) is 0 Å². The molecule has 3 aromatic carbocycles. The van der Waals surface area contributed by atoms with Crippen molar-refractivity contribution < 1.29 is 23.1 Å². The van der Waals surface area contributed by atoms with Crippen LogP contribution in [0.15, 0.2) is 65.6 Å². The van der Waals surface area contributed by atoms with Crippen molar-refractivity contribution in [2.75, 3.05) is 4.72 Å². The van der Waals surface area contributed by atoms with E-state index < -0.39 is 26.5 Å². The van der Waals surface area contributed by atoms with Crippen molar-refractivity contribution in [3.63, 3.8) is 0 Å². The number of halogens is 3. The van der Waals surface area contributed by atoms with Gasteiger partial charge in [0.25, 0.3) is 10.0 Å². The van der Waals surface area contributed by atoms with E-state index in [2.05, 4.69) is 4.72 Å². The van der Waals surface area contributed by atoms with E-state index in [1.165, 1.54) is 24.3 Å². The maximum atomic E-state index is 12.7. The number of anilines is 1. The number of nitrogens with one attached hydrogen (secondary N) is 1. The normalized spacial score (nSPS) is 11.1. The highest BCUT2D eigenvalue weighted by molar-refractivity contribution is 7.93. The van der Waals surface area contributed by atoms with Gasteiger partial charge in [0.2, 0.25) is 0 Å². The van der Waals surface area contributed by atoms with Crippen LogP contribution in [0.5, 0.6) is 11.5 Å². The van der Waals surface area contributed by atoms with Crippen LogP contribution in [-0.4, -0.2) is 19.5 Å². The zero-order valence-corrected chi connectivity index (χ0v) is 17.5. The van der Waals surface area contributed by atoms with Crippen LogP contribution in [-0.2, 0) is 10.0 Å². The van der Waals surface area contributed by atoms with Crippen molar-refractivity contribution in [3.8, 4) is 11.5 Å². The second-order valence-electron chi connectivity index (χ2n) is 5.73. The lowest BCUT2D eigenvalue weighted by Crippen LogP contribution is -2.17. The number of carboxylic acid groups (broad SMARTS) is 1. The third-order valence-electron chi connectivity index (χ3n) is 3.68. The van der Waals surface area contributed by atoms with Gasteiger partial charge in [-0.3, -0.25) is 4.72 Å². The van der Waals surface area contributed by atoms with E-state index >= 15 is 0 Å². The molecule has 0 radical (unpaired) electrons. The molecule has 0 aliphatic heterocycles. The van der Waals surface area contributed by atoms with Crippen LogP contribution in [0.25, 0.3) is 0 Å². The van der Waals surface area contributed by atoms with Gasteiger partial charge >= 0.3 is 5.97 Å². The molecule has 0 heterocycles. The summed E-state index contributed by atoms with van der Waals surface area (Å²) in [6, 6.07) is 15.0. The number of hydrogen-bond donors (Lipinski definition) is 2. The van der Waals surface area contributed by atoms with E-state index in [-0.39, 0.29) is 15.7 Å². The fraction of sp³-hybridized carbons (Fsp3) is 0. The first-order valence-electron chi connectivity index (χ1n) is 7.95. The van der Waals surface area contributed by atoms with Crippen LogP contribution < -0.4 is 9.46 Å². The van der Waals surface area contributed by atoms with Crippen molar-refractivity contribution in [1.82, 2.24) is 0 Å². The summed E-state index contributed by atoms with van der Waals surface area (Å²) in [5.74, 6) is -0.600. The van der Waals surface area contributed by atoms with Gasteiger partial charge in [0, 0.05) is 10.7 Å². The molecule has 0 aromatic heterocycles. The molecule has 2 N–H and O–H groups in total. The number of aromatic carboxylic acids is 1. The lowest BCUT2D eigenvalue weighted by Gasteiger charge is -2.13. The van der Waals surface area contributed by atoms with E-state index in [4.69, 9.17) is 39.5 Å². The molecule has 0 aliphatic carbocycles. The second kappa shape index (κ2) is 8.51. The highest BCUT2D eigenvalue weighted by atomic mass is 35.5. The first-order chi connectivity index (χ1) is 13.7. The van der Waals surface area contributed by atoms with Crippen molar-refractivity contribution >= 4 is 56.5 Å². The van der Waals surface area contributed by atoms with Crippen molar-refractivity contribution in [3.05, 3.63) is 81.3 Å². The summed E-state index contributed by atoms with van der Waals surface area (Å²) in [6.07, 6.45) is 0. The van der Waals surface area contributed by atoms with Crippen LogP contribution in [0.3, 0.4) is 0 Å². The first kappa shape index (κ1) is 21.3. The summed E-state index contributed by atoms with van der Waals surface area (Å²) in [4.78, 5) is 10.9. The summed E-state index contributed by atoms with van der Waals surface area (Å²) in [7, 11) is -4.30. The van der Waals surface area contributed by atoms with E-state index in [0.717, 1.165) is 12.1 Å². The largest absolute Gasteiger partial charge is 0.478 e. The Morgan fingerprint density at radius 3 is 2.21 bits per heavy atom. The van der Waals surface area contributed by atoms with Crippen LogP contribution in [0.2, 0.25) is 15.1 Å². The van der Waals surface area contributed by atoms with E-state index in [1.807, 2.05) is 0 Å². The Bertz CT molecular complexity index is 1180. The molecule has 0 fully saturated rings. The number of benzene rings is 3. The molecule has 0 atom stereocenters. The van der Waals surface area contributed by atoms with Crippen LogP contribution in [0.1, 0.15) is 10.4 Å². The number of carbonyl (C=O) groups is 1. The van der Waals surface area contributed by atoms with Gasteiger partial charge in [0.05, 0.1) is 15.6 Å². The topological polar surface area (TPSA) is 92.7 Å². The average molecular weight is 473 g/mol. The molecule has 10 heteroatoms. The maximum absolute atomic E-state index is 12.7. The molecular weight excluding hydrogens is 461 g/mol. The minimum atomic E-state index is -4.30. The fourth-order valence-corrected chi connectivity index (χ4v) is 4.72. The van der Waals surface area contributed by atoms with E-state index in [9.17, 15) is 18.3 Å². The third kappa shape index (κ3) is 4.94. The molecule has 6 nitrogen and oxygen atoms in total. The zero-order valence-electron chi connectivity index (χ0n) is 14.4. The van der Waals surface area contributed by atoms with Crippen molar-refractivity contribution in [2.24, 2.45) is 0 Å². The molecule has 0 amide bonds. The molecule has 0 spiro atoms. The van der Waals surface area contributed by atoms with Gasteiger partial charge in [-0.15, -0.1) is 0 Å². The SMILES string of the molecule is O=C(O)c1cc(Cl)cc(Cl)c1S(=O)(=O)Nc1ccc(Oc2ccccc2Cl)cc1. The molecule has 0 saturated heterocycles. The highest BCUT2D eigenvalue weighted by Crippen LogP contribution is 2.32. The average Bonchev–Trinajstić information content (AvgIpc) is 2.64. The van der Waals surface area contributed by atoms with Gasteiger partial charge in [-0.1, -0.05) is 46.9 Å². The Kier molecular flexibility index (Phi) is 6.24. The van der Waals surface area contributed by atoms with Gasteiger partial charge in [-0.25, -0.2) is 13.2 Å². The molecular formula is C19H12Cl3NO5S. The van der Waals surface area contributed by atoms with Gasteiger partial charge in [-0.05, 0) is 48.5 Å². The predicted molar refractivity (Wildman–Crippen MR) is 112 cm³/mol. The maximum Gasteiger partial charge on any atom is 0.337 e. The van der Waals surface area contributed by atoms with Gasteiger partial charge < -0.3 is 9.84 Å². The summed E-state index contributed by atoms with van der Waals surface area (Å²) in [5.41, 5.74) is -0.354. The van der Waals surface area contributed by atoms with Crippen LogP contribution >= 0.6 is 34.8 Å². The number of hydrogen-bond acceptors (Lipinski definition) is 4. The zero-order chi connectivity index (χ0) is 21.2. The highest BCUT2D eigenvalue weighted by Gasteiger charge is 2.26. The molecule has 29 heavy (non-hydrogen) atoms. The minimum absolute atomic E-state index is 0.00687. The van der Waals surface area contributed by atoms with Crippen LogP contribution in [0.4, 0.5) is 5.69 Å². The standard InChI is InChI=1S/C19H12Cl3NO5S/c20-11-9-14(19(24)25)18(16(22)10-11)29(26,27)23-12-5-7-13(8-6-12)28-17-4-2-1-3-15(17)21/h1-10,23H,(H,24,25). The molecule has 0 saturated carbocycles. The lowest BCUT2D eigenvalue weighted by molar-refractivity contribution is 0.0692. The molecule has 0 unspecified atom stereocenters. The molecule has 3 rings (SSSR count). The number of carboxylic acids is 1. The van der Waals surface area contributed by atoms with Gasteiger partial charge in [0.15, 0.2) is 0 Å². The summed E-state index contributed by atoms with van der Waals surface area (Å²) < 4.78 is 33.4. The number of para-hydroxylation sites is 1. The number of ether oxygens (including phenoxy) is 1. The number of sulfonamides is 1. The molecule has 3 aromatic rings. The van der Waals surface area contributed by atoms with Crippen LogP contribution in [0, 0.1) is 0 Å². The monoisotopic (exact) mass is 471 g/mol. The molecule has 0 aliphatic rings. The smallest absolute Gasteiger partial charge is 0.337 e. The minimum Gasteiger partial charge on any atom is -0.478 e. The Labute approximate surface area is 181 Å².